The number of benzene rings is 1. The van der Waals surface area contributed by atoms with E-state index >= 15 is 0 Å². The van der Waals surface area contributed by atoms with Gasteiger partial charge in [-0.15, -0.1) is 0 Å². The Morgan fingerprint density at radius 3 is 2.40 bits per heavy atom. The molecule has 0 saturated heterocycles. The van der Waals surface area contributed by atoms with Gasteiger partial charge in [-0.25, -0.2) is 0 Å². The first kappa shape index (κ1) is 14.9. The molecule has 1 aromatic rings. The van der Waals surface area contributed by atoms with E-state index < -0.39 is 0 Å². The minimum Gasteiger partial charge on any atom is -0.491 e. The summed E-state index contributed by atoms with van der Waals surface area (Å²) >= 11 is 0. The Morgan fingerprint density at radius 2 is 1.85 bits per heavy atom. The van der Waals surface area contributed by atoms with E-state index in [-0.39, 0.29) is 11.5 Å². The molecule has 0 spiro atoms. The zero-order valence-corrected chi connectivity index (χ0v) is 13.4. The van der Waals surface area contributed by atoms with Crippen molar-refractivity contribution in [2.75, 3.05) is 0 Å². The van der Waals surface area contributed by atoms with Gasteiger partial charge in [0.05, 0.1) is 6.10 Å². The van der Waals surface area contributed by atoms with Gasteiger partial charge in [0.15, 0.2) is 0 Å². The Balaban J connectivity index is 2.43. The van der Waals surface area contributed by atoms with E-state index in [1.165, 1.54) is 16.7 Å². The molecule has 0 saturated carbocycles. The molecule has 0 bridgehead atoms. The van der Waals surface area contributed by atoms with Crippen molar-refractivity contribution >= 4 is 5.57 Å². The summed E-state index contributed by atoms with van der Waals surface area (Å²) in [6.07, 6.45) is 9.25. The first-order valence-electron chi connectivity index (χ1n) is 7.56. The number of allylic oxidation sites excluding steroid dienone is 4. The van der Waals surface area contributed by atoms with Crippen molar-refractivity contribution in [1.82, 2.24) is 0 Å². The van der Waals surface area contributed by atoms with Gasteiger partial charge in [0.2, 0.25) is 0 Å². The predicted octanol–water partition coefficient (Wildman–Crippen LogP) is 5.50. The fourth-order valence-electron chi connectivity index (χ4n) is 2.50. The standard InChI is InChI=1S/C19H26O/c1-14(2)20-18-13-16(15-9-7-6-8-10-15)11-12-17(18)19(3,4)5/h7,9-14H,6,8H2,1-5H3. The minimum atomic E-state index is 0.0968. The predicted molar refractivity (Wildman–Crippen MR) is 87.3 cm³/mol. The molecule has 1 heteroatoms. The second-order valence-corrected chi connectivity index (χ2v) is 6.77. The number of rotatable bonds is 3. The lowest BCUT2D eigenvalue weighted by atomic mass is 9.85. The highest BCUT2D eigenvalue weighted by atomic mass is 16.5. The Labute approximate surface area is 123 Å². The summed E-state index contributed by atoms with van der Waals surface area (Å²) in [7, 11) is 0. The molecule has 0 heterocycles. The van der Waals surface area contributed by atoms with Gasteiger partial charge in [0.1, 0.15) is 5.75 Å². The van der Waals surface area contributed by atoms with E-state index in [9.17, 15) is 0 Å². The lowest BCUT2D eigenvalue weighted by Crippen LogP contribution is -2.16. The van der Waals surface area contributed by atoms with Gasteiger partial charge in [-0.2, -0.15) is 0 Å². The monoisotopic (exact) mass is 270 g/mol. The van der Waals surface area contributed by atoms with Gasteiger partial charge in [-0.05, 0) is 54.9 Å². The molecule has 1 aromatic carbocycles. The first-order valence-corrected chi connectivity index (χ1v) is 7.56. The molecular weight excluding hydrogens is 244 g/mol. The lowest BCUT2D eigenvalue weighted by molar-refractivity contribution is 0.236. The number of ether oxygens (including phenoxy) is 1. The van der Waals surface area contributed by atoms with Gasteiger partial charge in [-0.3, -0.25) is 0 Å². The van der Waals surface area contributed by atoms with Crippen molar-refractivity contribution in [2.45, 2.75) is 59.0 Å². The SMILES string of the molecule is CC(C)Oc1cc(C2=CCCC=C2)ccc1C(C)(C)C. The van der Waals surface area contributed by atoms with E-state index in [4.69, 9.17) is 4.74 Å². The molecule has 1 nitrogen and oxygen atoms in total. The molecule has 1 aliphatic carbocycles. The second-order valence-electron chi connectivity index (χ2n) is 6.77. The third kappa shape index (κ3) is 3.53. The summed E-state index contributed by atoms with van der Waals surface area (Å²) in [6.45, 7) is 10.9. The summed E-state index contributed by atoms with van der Waals surface area (Å²) in [5.41, 5.74) is 3.93. The third-order valence-electron chi connectivity index (χ3n) is 3.48. The Morgan fingerprint density at radius 1 is 1.10 bits per heavy atom. The molecule has 0 atom stereocenters. The lowest BCUT2D eigenvalue weighted by Gasteiger charge is -2.25. The molecule has 0 unspecified atom stereocenters. The van der Waals surface area contributed by atoms with Crippen LogP contribution < -0.4 is 4.74 Å². The average molecular weight is 270 g/mol. The van der Waals surface area contributed by atoms with Gasteiger partial charge >= 0.3 is 0 Å². The summed E-state index contributed by atoms with van der Waals surface area (Å²) in [6, 6.07) is 6.63. The van der Waals surface area contributed by atoms with Crippen LogP contribution in [0.3, 0.4) is 0 Å². The third-order valence-corrected chi connectivity index (χ3v) is 3.48. The van der Waals surface area contributed by atoms with E-state index in [1.54, 1.807) is 0 Å². The van der Waals surface area contributed by atoms with Crippen molar-refractivity contribution in [1.29, 1.82) is 0 Å². The quantitative estimate of drug-likeness (QED) is 0.704. The van der Waals surface area contributed by atoms with Crippen LogP contribution in [-0.4, -0.2) is 6.10 Å². The van der Waals surface area contributed by atoms with Crippen LogP contribution in [0.25, 0.3) is 5.57 Å². The van der Waals surface area contributed by atoms with Gasteiger partial charge < -0.3 is 4.74 Å². The molecule has 0 radical (unpaired) electrons. The molecule has 0 aromatic heterocycles. The van der Waals surface area contributed by atoms with Crippen LogP contribution in [-0.2, 0) is 5.41 Å². The molecule has 0 aliphatic heterocycles. The van der Waals surface area contributed by atoms with E-state index in [1.807, 2.05) is 0 Å². The van der Waals surface area contributed by atoms with Gasteiger partial charge in [0, 0.05) is 0 Å². The highest BCUT2D eigenvalue weighted by Crippen LogP contribution is 2.35. The van der Waals surface area contributed by atoms with Gasteiger partial charge in [0.25, 0.3) is 0 Å². The molecule has 108 valence electrons. The highest BCUT2D eigenvalue weighted by molar-refractivity contribution is 5.76. The van der Waals surface area contributed by atoms with E-state index in [2.05, 4.69) is 71.0 Å². The zero-order valence-electron chi connectivity index (χ0n) is 13.4. The maximum absolute atomic E-state index is 6.05. The van der Waals surface area contributed by atoms with Crippen LogP contribution in [0.4, 0.5) is 0 Å². The fourth-order valence-corrected chi connectivity index (χ4v) is 2.50. The van der Waals surface area contributed by atoms with Crippen molar-refractivity contribution in [3.05, 3.63) is 47.6 Å². The summed E-state index contributed by atoms with van der Waals surface area (Å²) < 4.78 is 6.05. The van der Waals surface area contributed by atoms with Crippen molar-refractivity contribution in [3.63, 3.8) is 0 Å². The van der Waals surface area contributed by atoms with Crippen LogP contribution in [0.5, 0.6) is 5.75 Å². The minimum absolute atomic E-state index is 0.0968. The highest BCUT2D eigenvalue weighted by Gasteiger charge is 2.20. The maximum Gasteiger partial charge on any atom is 0.124 e. The van der Waals surface area contributed by atoms with Crippen molar-refractivity contribution in [2.24, 2.45) is 0 Å². The summed E-state index contributed by atoms with van der Waals surface area (Å²) in [5.74, 6) is 1.02. The Bertz CT molecular complexity index is 527. The molecule has 20 heavy (non-hydrogen) atoms. The van der Waals surface area contributed by atoms with Crippen LogP contribution in [0, 0.1) is 0 Å². The van der Waals surface area contributed by atoms with Crippen molar-refractivity contribution in [3.8, 4) is 5.75 Å². The Kier molecular flexibility index (Phi) is 4.37. The van der Waals surface area contributed by atoms with Crippen LogP contribution in [0.15, 0.2) is 36.4 Å². The van der Waals surface area contributed by atoms with E-state index in [0.717, 1.165) is 18.6 Å². The number of hydrogen-bond donors (Lipinski definition) is 0. The second kappa shape index (κ2) is 5.87. The first-order chi connectivity index (χ1) is 9.38. The average Bonchev–Trinajstić information content (AvgIpc) is 2.37. The topological polar surface area (TPSA) is 9.23 Å². The molecule has 0 amide bonds. The van der Waals surface area contributed by atoms with Crippen LogP contribution in [0.2, 0.25) is 0 Å². The van der Waals surface area contributed by atoms with Gasteiger partial charge in [-0.1, -0.05) is 51.1 Å². The smallest absolute Gasteiger partial charge is 0.124 e. The van der Waals surface area contributed by atoms with Crippen LogP contribution >= 0.6 is 0 Å². The Hall–Kier alpha value is -1.50. The largest absolute Gasteiger partial charge is 0.491 e. The normalized spacial score (nSPS) is 15.4. The maximum atomic E-state index is 6.05. The zero-order chi connectivity index (χ0) is 14.8. The molecule has 1 aliphatic rings. The molecule has 2 rings (SSSR count). The molecule has 0 fully saturated rings. The van der Waals surface area contributed by atoms with Crippen molar-refractivity contribution < 1.29 is 4.74 Å². The van der Waals surface area contributed by atoms with E-state index in [0.29, 0.717) is 0 Å². The summed E-state index contributed by atoms with van der Waals surface area (Å²) in [4.78, 5) is 0. The molecule has 0 N–H and O–H groups in total. The summed E-state index contributed by atoms with van der Waals surface area (Å²) in [5, 5.41) is 0. The number of hydrogen-bond acceptors (Lipinski definition) is 1. The van der Waals surface area contributed by atoms with Crippen LogP contribution in [0.1, 0.15) is 58.6 Å². The molecular formula is C19H26O. The fraction of sp³-hybridized carbons (Fsp3) is 0.474.